The van der Waals surface area contributed by atoms with Crippen LogP contribution in [-0.2, 0) is 4.79 Å². The Morgan fingerprint density at radius 1 is 1.41 bits per heavy atom. The van der Waals surface area contributed by atoms with Crippen molar-refractivity contribution >= 4 is 33.6 Å². The van der Waals surface area contributed by atoms with Crippen molar-refractivity contribution in [3.05, 3.63) is 0 Å². The molecule has 1 N–H and O–H groups in total. The number of nitrogens with one attached hydrogen (secondary N) is 1. The fourth-order valence-electron chi connectivity index (χ4n) is 1.97. The van der Waals surface area contributed by atoms with E-state index in [1.165, 1.54) is 24.3 Å². The van der Waals surface area contributed by atoms with Crippen molar-refractivity contribution in [3.63, 3.8) is 0 Å². The van der Waals surface area contributed by atoms with Crippen molar-refractivity contribution in [1.29, 1.82) is 0 Å². The minimum atomic E-state index is 0.196. The molecule has 0 unspecified atom stereocenters. The van der Waals surface area contributed by atoms with E-state index in [0.29, 0.717) is 5.92 Å². The average molecular weight is 322 g/mol. The predicted molar refractivity (Wildman–Crippen MR) is 79.9 cm³/mol. The van der Waals surface area contributed by atoms with Gasteiger partial charge in [-0.25, -0.2) is 0 Å². The van der Waals surface area contributed by atoms with E-state index in [1.807, 2.05) is 11.8 Å². The first-order valence-electron chi connectivity index (χ1n) is 6.44. The van der Waals surface area contributed by atoms with Crippen molar-refractivity contribution in [2.75, 3.05) is 23.4 Å². The molecule has 1 heterocycles. The molecule has 0 atom stereocenters. The molecule has 100 valence electrons. The molecule has 1 saturated heterocycles. The zero-order chi connectivity index (χ0) is 12.7. The largest absolute Gasteiger partial charge is 0.356 e. The molecule has 1 aliphatic heterocycles. The van der Waals surface area contributed by atoms with Crippen molar-refractivity contribution < 1.29 is 4.79 Å². The van der Waals surface area contributed by atoms with E-state index in [4.69, 9.17) is 0 Å². The van der Waals surface area contributed by atoms with Gasteiger partial charge in [-0.05, 0) is 42.1 Å². The van der Waals surface area contributed by atoms with Gasteiger partial charge in [-0.15, -0.1) is 0 Å². The lowest BCUT2D eigenvalue weighted by Crippen LogP contribution is -2.35. The lowest BCUT2D eigenvalue weighted by atomic mass is 9.90. The molecule has 0 bridgehead atoms. The molecule has 0 aromatic heterocycles. The maximum atomic E-state index is 11.8. The molecule has 17 heavy (non-hydrogen) atoms. The van der Waals surface area contributed by atoms with Crippen LogP contribution in [-0.4, -0.2) is 29.3 Å². The summed E-state index contributed by atoms with van der Waals surface area (Å²) >= 11 is 5.47. The number of rotatable bonds is 6. The zero-order valence-corrected chi connectivity index (χ0v) is 13.3. The van der Waals surface area contributed by atoms with Gasteiger partial charge in [-0.1, -0.05) is 29.8 Å². The van der Waals surface area contributed by atoms with Crippen LogP contribution in [0.5, 0.6) is 0 Å². The van der Waals surface area contributed by atoms with E-state index in [1.54, 1.807) is 0 Å². The van der Waals surface area contributed by atoms with Gasteiger partial charge in [0.25, 0.3) is 0 Å². The Labute approximate surface area is 118 Å². The fraction of sp³-hybridized carbons (Fsp3) is 0.923. The summed E-state index contributed by atoms with van der Waals surface area (Å²) in [5.41, 5.74) is 0.196. The summed E-state index contributed by atoms with van der Waals surface area (Å²) < 4.78 is 0. The second-order valence-corrected chi connectivity index (χ2v) is 7.66. The Kier molecular flexibility index (Phi) is 6.93. The highest BCUT2D eigenvalue weighted by Gasteiger charge is 2.20. The van der Waals surface area contributed by atoms with Crippen LogP contribution in [0.1, 0.15) is 39.5 Å². The van der Waals surface area contributed by atoms with Crippen LogP contribution in [0, 0.1) is 11.3 Å². The van der Waals surface area contributed by atoms with E-state index < -0.39 is 0 Å². The van der Waals surface area contributed by atoms with Crippen molar-refractivity contribution in [3.8, 4) is 0 Å². The Balaban J connectivity index is 2.20. The summed E-state index contributed by atoms with van der Waals surface area (Å²) in [6.07, 6.45) is 4.24. The van der Waals surface area contributed by atoms with E-state index in [0.717, 1.165) is 24.7 Å². The summed E-state index contributed by atoms with van der Waals surface area (Å²) in [5, 5.41) is 4.08. The number of hydrogen-bond donors (Lipinski definition) is 1. The highest BCUT2D eigenvalue weighted by molar-refractivity contribution is 9.09. The molecule has 0 aromatic rings. The molecular formula is C13H24BrNOS. The van der Waals surface area contributed by atoms with Crippen LogP contribution in [0.3, 0.4) is 0 Å². The molecule has 0 aromatic carbocycles. The topological polar surface area (TPSA) is 29.1 Å². The number of hydrogen-bond acceptors (Lipinski definition) is 2. The molecule has 4 heteroatoms. The summed E-state index contributed by atoms with van der Waals surface area (Å²) in [7, 11) is 0. The van der Waals surface area contributed by atoms with E-state index >= 15 is 0 Å². The Hall–Kier alpha value is 0.300. The maximum Gasteiger partial charge on any atom is 0.220 e. The van der Waals surface area contributed by atoms with Crippen LogP contribution < -0.4 is 5.32 Å². The molecule has 0 radical (unpaired) electrons. The number of alkyl halides is 1. The number of amides is 1. The molecular weight excluding hydrogens is 298 g/mol. The third kappa shape index (κ3) is 6.70. The van der Waals surface area contributed by atoms with Gasteiger partial charge in [-0.3, -0.25) is 4.79 Å². The first-order chi connectivity index (χ1) is 8.03. The van der Waals surface area contributed by atoms with Crippen LogP contribution in [0.4, 0.5) is 0 Å². The van der Waals surface area contributed by atoms with Crippen molar-refractivity contribution in [1.82, 2.24) is 5.32 Å². The van der Waals surface area contributed by atoms with Crippen LogP contribution in [0.15, 0.2) is 0 Å². The van der Waals surface area contributed by atoms with Crippen LogP contribution in [0.25, 0.3) is 0 Å². The number of carbonyl (C=O) groups excluding carboxylic acids is 1. The Morgan fingerprint density at radius 2 is 2.06 bits per heavy atom. The van der Waals surface area contributed by atoms with Gasteiger partial charge in [0.1, 0.15) is 0 Å². The molecule has 1 fully saturated rings. The SMILES string of the molecule is CC(C)(CCBr)CNC(=O)CC1CCSCC1. The quantitative estimate of drug-likeness (QED) is 0.759. The summed E-state index contributed by atoms with van der Waals surface area (Å²) in [6, 6.07) is 0. The number of halogens is 1. The minimum absolute atomic E-state index is 0.196. The van der Waals surface area contributed by atoms with Gasteiger partial charge in [-0.2, -0.15) is 11.8 Å². The molecule has 0 saturated carbocycles. The molecule has 0 spiro atoms. The van der Waals surface area contributed by atoms with Gasteiger partial charge in [0.15, 0.2) is 0 Å². The fourth-order valence-corrected chi connectivity index (χ4v) is 4.24. The van der Waals surface area contributed by atoms with Crippen LogP contribution in [0.2, 0.25) is 0 Å². The van der Waals surface area contributed by atoms with E-state index in [-0.39, 0.29) is 11.3 Å². The predicted octanol–water partition coefficient (Wildman–Crippen LogP) is 3.45. The average Bonchev–Trinajstić information content (AvgIpc) is 2.28. The highest BCUT2D eigenvalue weighted by Crippen LogP contribution is 2.25. The highest BCUT2D eigenvalue weighted by atomic mass is 79.9. The number of carbonyl (C=O) groups is 1. The van der Waals surface area contributed by atoms with Crippen molar-refractivity contribution in [2.24, 2.45) is 11.3 Å². The zero-order valence-electron chi connectivity index (χ0n) is 10.9. The molecule has 1 rings (SSSR count). The molecule has 0 aliphatic carbocycles. The number of thioether (sulfide) groups is 1. The van der Waals surface area contributed by atoms with Gasteiger partial charge < -0.3 is 5.32 Å². The first-order valence-corrected chi connectivity index (χ1v) is 8.71. The van der Waals surface area contributed by atoms with E-state index in [9.17, 15) is 4.79 Å². The summed E-state index contributed by atoms with van der Waals surface area (Å²) in [4.78, 5) is 11.8. The first kappa shape index (κ1) is 15.4. The molecule has 1 amide bonds. The third-order valence-electron chi connectivity index (χ3n) is 3.35. The van der Waals surface area contributed by atoms with Gasteiger partial charge >= 0.3 is 0 Å². The van der Waals surface area contributed by atoms with Gasteiger partial charge in [0.05, 0.1) is 0 Å². The standard InChI is InChI=1S/C13H24BrNOS/c1-13(2,5-6-14)10-15-12(16)9-11-3-7-17-8-4-11/h11H,3-10H2,1-2H3,(H,15,16). The second kappa shape index (κ2) is 7.67. The monoisotopic (exact) mass is 321 g/mol. The van der Waals surface area contributed by atoms with E-state index in [2.05, 4.69) is 35.1 Å². The van der Waals surface area contributed by atoms with Crippen LogP contribution >= 0.6 is 27.7 Å². The lowest BCUT2D eigenvalue weighted by Gasteiger charge is -2.25. The lowest BCUT2D eigenvalue weighted by molar-refractivity contribution is -0.122. The molecule has 1 aliphatic rings. The van der Waals surface area contributed by atoms with Crippen molar-refractivity contribution in [2.45, 2.75) is 39.5 Å². The molecule has 2 nitrogen and oxygen atoms in total. The Morgan fingerprint density at radius 3 is 2.65 bits per heavy atom. The maximum absolute atomic E-state index is 11.8. The minimum Gasteiger partial charge on any atom is -0.356 e. The summed E-state index contributed by atoms with van der Waals surface area (Å²) in [6.45, 7) is 5.19. The normalized spacial score (nSPS) is 18.1. The summed E-state index contributed by atoms with van der Waals surface area (Å²) in [5.74, 6) is 3.32. The third-order valence-corrected chi connectivity index (χ3v) is 4.80. The smallest absolute Gasteiger partial charge is 0.220 e. The second-order valence-electron chi connectivity index (χ2n) is 5.64. The van der Waals surface area contributed by atoms with Gasteiger partial charge in [0.2, 0.25) is 5.91 Å². The van der Waals surface area contributed by atoms with Gasteiger partial charge in [0, 0.05) is 18.3 Å². The Bertz CT molecular complexity index is 240.